The van der Waals surface area contributed by atoms with Crippen molar-refractivity contribution < 1.29 is 9.53 Å². The van der Waals surface area contributed by atoms with E-state index in [2.05, 4.69) is 35.6 Å². The van der Waals surface area contributed by atoms with Gasteiger partial charge in [-0.05, 0) is 33.2 Å². The molecule has 0 aromatic carbocycles. The summed E-state index contributed by atoms with van der Waals surface area (Å²) in [6, 6.07) is 0. The topological polar surface area (TPSA) is 36.0 Å². The van der Waals surface area contributed by atoms with Crippen molar-refractivity contribution in [3.63, 3.8) is 0 Å². The molecule has 0 aromatic heterocycles. The Kier molecular flexibility index (Phi) is 7.98. The van der Waals surface area contributed by atoms with Crippen molar-refractivity contribution in [1.82, 2.24) is 14.7 Å². The van der Waals surface area contributed by atoms with E-state index in [9.17, 15) is 4.79 Å². The summed E-state index contributed by atoms with van der Waals surface area (Å²) in [5, 5.41) is 0. The number of piperazine rings is 1. The number of unbranched alkanes of at least 4 members (excludes halogenated alkanes) is 3. The molecule has 0 atom stereocenters. The van der Waals surface area contributed by atoms with Crippen LogP contribution in [0.15, 0.2) is 0 Å². The Morgan fingerprint density at radius 3 is 2.29 bits per heavy atom. The number of likely N-dealkylation sites (N-methyl/N-ethyl adjacent to an activating group) is 1. The second kappa shape index (κ2) is 9.73. The van der Waals surface area contributed by atoms with Crippen molar-refractivity contribution >= 4 is 5.97 Å². The molecule has 0 radical (unpaired) electrons. The number of esters is 1. The SMILES string of the molecule is CCCCCCOC(=O)CN1CCC(C)(N2CCN(C)CC2)CC1. The first-order valence-corrected chi connectivity index (χ1v) is 9.85. The Balaban J connectivity index is 1.64. The Morgan fingerprint density at radius 2 is 1.67 bits per heavy atom. The molecule has 0 aromatic rings. The van der Waals surface area contributed by atoms with Gasteiger partial charge in [-0.2, -0.15) is 0 Å². The van der Waals surface area contributed by atoms with E-state index in [1.807, 2.05) is 0 Å². The van der Waals surface area contributed by atoms with E-state index in [0.717, 1.165) is 38.8 Å². The summed E-state index contributed by atoms with van der Waals surface area (Å²) in [4.78, 5) is 19.3. The highest BCUT2D eigenvalue weighted by molar-refractivity contribution is 5.71. The van der Waals surface area contributed by atoms with E-state index >= 15 is 0 Å². The predicted molar refractivity (Wildman–Crippen MR) is 98.3 cm³/mol. The summed E-state index contributed by atoms with van der Waals surface area (Å²) in [7, 11) is 2.20. The van der Waals surface area contributed by atoms with E-state index < -0.39 is 0 Å². The highest BCUT2D eigenvalue weighted by atomic mass is 16.5. The number of carbonyl (C=O) groups is 1. The van der Waals surface area contributed by atoms with Crippen molar-refractivity contribution in [2.24, 2.45) is 0 Å². The average Bonchev–Trinajstić information content (AvgIpc) is 2.57. The van der Waals surface area contributed by atoms with Crippen molar-refractivity contribution in [2.75, 3.05) is 59.5 Å². The van der Waals surface area contributed by atoms with E-state index in [-0.39, 0.29) is 5.97 Å². The number of hydrogen-bond acceptors (Lipinski definition) is 5. The number of likely N-dealkylation sites (tertiary alicyclic amines) is 1. The van der Waals surface area contributed by atoms with Gasteiger partial charge in [-0.3, -0.25) is 14.6 Å². The van der Waals surface area contributed by atoms with Crippen LogP contribution in [0.3, 0.4) is 0 Å². The van der Waals surface area contributed by atoms with Crippen LogP contribution in [0.5, 0.6) is 0 Å². The van der Waals surface area contributed by atoms with Crippen LogP contribution in [0, 0.1) is 0 Å². The van der Waals surface area contributed by atoms with Gasteiger partial charge in [-0.1, -0.05) is 26.2 Å². The van der Waals surface area contributed by atoms with Crippen molar-refractivity contribution in [2.45, 2.75) is 57.9 Å². The quantitative estimate of drug-likeness (QED) is 0.500. The van der Waals surface area contributed by atoms with Crippen molar-refractivity contribution in [3.05, 3.63) is 0 Å². The number of rotatable bonds is 8. The Morgan fingerprint density at radius 1 is 1.00 bits per heavy atom. The number of piperidine rings is 1. The van der Waals surface area contributed by atoms with Crippen LogP contribution in [0.4, 0.5) is 0 Å². The Bertz CT molecular complexity index is 373. The number of hydrogen-bond donors (Lipinski definition) is 0. The summed E-state index contributed by atoms with van der Waals surface area (Å²) in [5.74, 6) is -0.0466. The van der Waals surface area contributed by atoms with Gasteiger partial charge in [0.15, 0.2) is 0 Å². The minimum atomic E-state index is -0.0466. The first-order valence-electron chi connectivity index (χ1n) is 9.85. The van der Waals surface area contributed by atoms with Gasteiger partial charge in [0.05, 0.1) is 13.2 Å². The lowest BCUT2D eigenvalue weighted by Gasteiger charge is -2.49. The van der Waals surface area contributed by atoms with Crippen molar-refractivity contribution in [3.8, 4) is 0 Å². The van der Waals surface area contributed by atoms with Crippen LogP contribution in [0.25, 0.3) is 0 Å². The zero-order valence-corrected chi connectivity index (χ0v) is 16.1. The minimum absolute atomic E-state index is 0.0466. The second-order valence-electron chi connectivity index (χ2n) is 7.84. The molecule has 0 saturated carbocycles. The smallest absolute Gasteiger partial charge is 0.320 e. The third kappa shape index (κ3) is 6.01. The van der Waals surface area contributed by atoms with Gasteiger partial charge < -0.3 is 9.64 Å². The Labute approximate surface area is 148 Å². The second-order valence-corrected chi connectivity index (χ2v) is 7.84. The van der Waals surface area contributed by atoms with Gasteiger partial charge in [-0.25, -0.2) is 0 Å². The van der Waals surface area contributed by atoms with Crippen LogP contribution in [0.1, 0.15) is 52.4 Å². The normalized spacial score (nSPS) is 23.3. The molecule has 0 aliphatic carbocycles. The van der Waals surface area contributed by atoms with Gasteiger partial charge in [0.2, 0.25) is 0 Å². The monoisotopic (exact) mass is 339 g/mol. The fourth-order valence-electron chi connectivity index (χ4n) is 3.80. The molecule has 2 saturated heterocycles. The largest absolute Gasteiger partial charge is 0.465 e. The lowest BCUT2D eigenvalue weighted by atomic mass is 9.87. The van der Waals surface area contributed by atoms with Gasteiger partial charge >= 0.3 is 5.97 Å². The number of carbonyl (C=O) groups excluding carboxylic acids is 1. The molecule has 2 rings (SSSR count). The van der Waals surface area contributed by atoms with E-state index in [4.69, 9.17) is 4.74 Å². The summed E-state index contributed by atoms with van der Waals surface area (Å²) in [5.41, 5.74) is 0.307. The molecular formula is C19H37N3O2. The fraction of sp³-hybridized carbons (Fsp3) is 0.947. The molecule has 2 aliphatic rings. The molecule has 2 aliphatic heterocycles. The summed E-state index contributed by atoms with van der Waals surface area (Å²) < 4.78 is 5.37. The molecule has 5 heteroatoms. The summed E-state index contributed by atoms with van der Waals surface area (Å²) in [6.07, 6.45) is 6.92. The summed E-state index contributed by atoms with van der Waals surface area (Å²) in [6.45, 7) is 12.4. The van der Waals surface area contributed by atoms with E-state index in [0.29, 0.717) is 18.7 Å². The van der Waals surface area contributed by atoms with Crippen LogP contribution in [-0.2, 0) is 9.53 Å². The fourth-order valence-corrected chi connectivity index (χ4v) is 3.80. The standard InChI is InChI=1S/C19H37N3O2/c1-4-5-6-7-16-24-18(23)17-21-10-8-19(2,9-11-21)22-14-12-20(3)13-15-22/h4-17H2,1-3H3. The zero-order chi connectivity index (χ0) is 17.4. The first-order chi connectivity index (χ1) is 11.5. The number of nitrogens with zero attached hydrogens (tertiary/aromatic N) is 3. The average molecular weight is 340 g/mol. The molecular weight excluding hydrogens is 302 g/mol. The predicted octanol–water partition coefficient (Wildman–Crippen LogP) is 2.21. The maximum Gasteiger partial charge on any atom is 0.320 e. The van der Waals surface area contributed by atoms with E-state index in [1.165, 1.54) is 39.0 Å². The molecule has 140 valence electrons. The molecule has 2 heterocycles. The van der Waals surface area contributed by atoms with Gasteiger partial charge in [0, 0.05) is 44.8 Å². The lowest BCUT2D eigenvalue weighted by Crippen LogP contribution is -2.59. The van der Waals surface area contributed by atoms with Crippen molar-refractivity contribution in [1.29, 1.82) is 0 Å². The molecule has 0 N–H and O–H groups in total. The van der Waals surface area contributed by atoms with Gasteiger partial charge in [0.1, 0.15) is 0 Å². The maximum atomic E-state index is 12.0. The molecule has 0 amide bonds. The van der Waals surface area contributed by atoms with Crippen LogP contribution >= 0.6 is 0 Å². The van der Waals surface area contributed by atoms with Crippen LogP contribution in [0.2, 0.25) is 0 Å². The van der Waals surface area contributed by atoms with E-state index in [1.54, 1.807) is 0 Å². The third-order valence-corrected chi connectivity index (χ3v) is 5.81. The first kappa shape index (κ1) is 19.7. The summed E-state index contributed by atoms with van der Waals surface area (Å²) >= 11 is 0. The lowest BCUT2D eigenvalue weighted by molar-refractivity contribution is -0.145. The third-order valence-electron chi connectivity index (χ3n) is 5.81. The Hall–Kier alpha value is -0.650. The molecule has 0 spiro atoms. The molecule has 24 heavy (non-hydrogen) atoms. The minimum Gasteiger partial charge on any atom is -0.465 e. The molecule has 2 fully saturated rings. The van der Waals surface area contributed by atoms with Gasteiger partial charge in [0.25, 0.3) is 0 Å². The van der Waals surface area contributed by atoms with Crippen LogP contribution < -0.4 is 0 Å². The maximum absolute atomic E-state index is 12.0. The highest BCUT2D eigenvalue weighted by Crippen LogP contribution is 2.29. The number of ether oxygens (including phenoxy) is 1. The molecule has 0 bridgehead atoms. The molecule has 0 unspecified atom stereocenters. The van der Waals surface area contributed by atoms with Crippen LogP contribution in [-0.4, -0.2) is 85.7 Å². The highest BCUT2D eigenvalue weighted by Gasteiger charge is 2.36. The zero-order valence-electron chi connectivity index (χ0n) is 16.1. The molecule has 5 nitrogen and oxygen atoms in total. The van der Waals surface area contributed by atoms with Gasteiger partial charge in [-0.15, -0.1) is 0 Å².